The van der Waals surface area contributed by atoms with Crippen molar-refractivity contribution in [2.75, 3.05) is 6.54 Å². The minimum atomic E-state index is -0.121. The third-order valence-electron chi connectivity index (χ3n) is 3.88. The van der Waals surface area contributed by atoms with Gasteiger partial charge in [0.15, 0.2) is 0 Å². The van der Waals surface area contributed by atoms with E-state index in [1.807, 2.05) is 52.0 Å². The number of nitrogens with one attached hydrogen (secondary N) is 1. The Morgan fingerprint density at radius 2 is 1.92 bits per heavy atom. The number of hydrogen-bond donors (Lipinski definition) is 1. The van der Waals surface area contributed by atoms with Crippen LogP contribution in [0.5, 0.6) is 5.75 Å². The minimum Gasteiger partial charge on any atom is -0.489 e. The molecule has 1 atom stereocenters. The normalized spacial score (nSPS) is 12.0. The van der Waals surface area contributed by atoms with E-state index >= 15 is 0 Å². The zero-order chi connectivity index (χ0) is 17.7. The number of thiazole rings is 1. The van der Waals surface area contributed by atoms with E-state index in [0.717, 1.165) is 16.3 Å². The van der Waals surface area contributed by atoms with Gasteiger partial charge in [0.2, 0.25) is 5.91 Å². The average molecular weight is 348 g/mol. The zero-order valence-corrected chi connectivity index (χ0v) is 15.4. The van der Waals surface area contributed by atoms with Gasteiger partial charge in [-0.05, 0) is 39.8 Å². The summed E-state index contributed by atoms with van der Waals surface area (Å²) in [5.74, 6) is 0.711. The molecule has 130 valence electrons. The highest BCUT2D eigenvalue weighted by atomic mass is 32.1. The van der Waals surface area contributed by atoms with E-state index in [1.54, 1.807) is 4.57 Å². The van der Waals surface area contributed by atoms with Crippen molar-refractivity contribution in [3.8, 4) is 5.75 Å². The van der Waals surface area contributed by atoms with Crippen molar-refractivity contribution in [2.24, 2.45) is 0 Å². The molecule has 2 aromatic rings. The highest BCUT2D eigenvalue weighted by Gasteiger charge is 2.11. The molecule has 1 amide bonds. The Morgan fingerprint density at radius 3 is 2.50 bits per heavy atom. The molecule has 1 N–H and O–H groups in total. The summed E-state index contributed by atoms with van der Waals surface area (Å²) in [4.78, 5) is 24.8. The monoisotopic (exact) mass is 348 g/mol. The number of rotatable bonds is 7. The lowest BCUT2D eigenvalue weighted by atomic mass is 10.2. The first-order valence-corrected chi connectivity index (χ1v) is 8.85. The molecule has 0 aliphatic carbocycles. The molecule has 0 fully saturated rings. The van der Waals surface area contributed by atoms with E-state index < -0.39 is 0 Å². The third-order valence-corrected chi connectivity index (χ3v) is 4.88. The maximum absolute atomic E-state index is 12.0. The van der Waals surface area contributed by atoms with Crippen LogP contribution in [0.2, 0.25) is 0 Å². The van der Waals surface area contributed by atoms with Crippen molar-refractivity contribution >= 4 is 17.2 Å². The first kappa shape index (κ1) is 18.3. The van der Waals surface area contributed by atoms with Gasteiger partial charge in [0.25, 0.3) is 0 Å². The van der Waals surface area contributed by atoms with E-state index in [1.165, 1.54) is 16.9 Å². The number of aryl methyl sites for hydroxylation is 2. The molecule has 0 aliphatic rings. The fourth-order valence-corrected chi connectivity index (χ4v) is 3.15. The number of ether oxygens (including phenoxy) is 1. The Labute approximate surface area is 146 Å². The Balaban J connectivity index is 1.76. The molecule has 0 bridgehead atoms. The highest BCUT2D eigenvalue weighted by Crippen LogP contribution is 2.13. The Bertz CT molecular complexity index is 747. The number of amides is 1. The second-order valence-corrected chi connectivity index (χ2v) is 7.12. The molecule has 24 heavy (non-hydrogen) atoms. The molecular weight excluding hydrogens is 324 g/mol. The van der Waals surface area contributed by atoms with Crippen molar-refractivity contribution in [3.63, 3.8) is 0 Å². The van der Waals surface area contributed by atoms with Crippen LogP contribution in [-0.4, -0.2) is 23.1 Å². The molecule has 1 heterocycles. The van der Waals surface area contributed by atoms with Crippen molar-refractivity contribution in [1.29, 1.82) is 0 Å². The van der Waals surface area contributed by atoms with Gasteiger partial charge >= 0.3 is 4.87 Å². The summed E-state index contributed by atoms with van der Waals surface area (Å²) in [6.07, 6.45) is 0.165. The number of hydrogen-bond acceptors (Lipinski definition) is 4. The summed E-state index contributed by atoms with van der Waals surface area (Å²) in [5.41, 5.74) is 2.12. The van der Waals surface area contributed by atoms with Crippen LogP contribution in [0.4, 0.5) is 0 Å². The summed E-state index contributed by atoms with van der Waals surface area (Å²) < 4.78 is 7.41. The standard InChI is InChI=1S/C18H24N2O3S/c1-12-5-7-16(8-6-12)23-13(2)11-19-17(21)9-10-20-14(3)15(4)24-18(20)22/h5-8,13H,9-11H2,1-4H3,(H,19,21)/t13-/m1/s1. The predicted molar refractivity (Wildman–Crippen MR) is 96.9 cm³/mol. The molecule has 1 aromatic heterocycles. The van der Waals surface area contributed by atoms with Crippen LogP contribution in [-0.2, 0) is 11.3 Å². The minimum absolute atomic E-state index is 0.00567. The van der Waals surface area contributed by atoms with Crippen LogP contribution >= 0.6 is 11.3 Å². The van der Waals surface area contributed by atoms with Crippen LogP contribution in [0.3, 0.4) is 0 Å². The summed E-state index contributed by atoms with van der Waals surface area (Å²) in [5, 5.41) is 2.85. The Morgan fingerprint density at radius 1 is 1.25 bits per heavy atom. The number of carbonyl (C=O) groups is 1. The molecule has 0 radical (unpaired) electrons. The molecule has 0 saturated carbocycles. The first-order chi connectivity index (χ1) is 11.4. The molecule has 0 spiro atoms. The summed E-state index contributed by atoms with van der Waals surface area (Å²) in [6, 6.07) is 7.82. The van der Waals surface area contributed by atoms with Gasteiger partial charge in [-0.1, -0.05) is 29.0 Å². The molecule has 0 aliphatic heterocycles. The third kappa shape index (κ3) is 4.96. The lowest BCUT2D eigenvalue weighted by molar-refractivity contribution is -0.121. The molecule has 0 saturated heterocycles. The smallest absolute Gasteiger partial charge is 0.307 e. The van der Waals surface area contributed by atoms with Crippen molar-refractivity contribution in [1.82, 2.24) is 9.88 Å². The van der Waals surface area contributed by atoms with Gasteiger partial charge in [0.05, 0.1) is 6.54 Å². The van der Waals surface area contributed by atoms with Crippen molar-refractivity contribution < 1.29 is 9.53 Å². The van der Waals surface area contributed by atoms with Crippen LogP contribution in [0.1, 0.15) is 29.5 Å². The number of carbonyl (C=O) groups excluding carboxylic acids is 1. The highest BCUT2D eigenvalue weighted by molar-refractivity contribution is 7.09. The summed E-state index contributed by atoms with van der Waals surface area (Å²) >= 11 is 1.22. The first-order valence-electron chi connectivity index (χ1n) is 8.03. The fraction of sp³-hybridized carbons (Fsp3) is 0.444. The van der Waals surface area contributed by atoms with Gasteiger partial charge < -0.3 is 14.6 Å². The number of aromatic nitrogens is 1. The molecule has 2 rings (SSSR count). The van der Waals surface area contributed by atoms with E-state index in [2.05, 4.69) is 5.32 Å². The maximum atomic E-state index is 12.0. The van der Waals surface area contributed by atoms with Crippen LogP contribution < -0.4 is 14.9 Å². The van der Waals surface area contributed by atoms with Gasteiger partial charge in [-0.3, -0.25) is 9.59 Å². The SMILES string of the molecule is Cc1ccc(O[C@H](C)CNC(=O)CCn2c(C)c(C)sc2=O)cc1. The van der Waals surface area contributed by atoms with Gasteiger partial charge in [0, 0.05) is 23.5 Å². The van der Waals surface area contributed by atoms with Gasteiger partial charge in [-0.2, -0.15) is 0 Å². The van der Waals surface area contributed by atoms with Gasteiger partial charge in [-0.15, -0.1) is 0 Å². The number of nitrogens with zero attached hydrogens (tertiary/aromatic N) is 1. The second-order valence-electron chi connectivity index (χ2n) is 5.96. The van der Waals surface area contributed by atoms with Crippen molar-refractivity contribution in [3.05, 3.63) is 50.1 Å². The van der Waals surface area contributed by atoms with Crippen molar-refractivity contribution in [2.45, 2.75) is 46.8 Å². The molecule has 6 heteroatoms. The van der Waals surface area contributed by atoms with Crippen LogP contribution in [0.25, 0.3) is 0 Å². The summed E-state index contributed by atoms with van der Waals surface area (Å²) in [7, 11) is 0. The Hall–Kier alpha value is -2.08. The van der Waals surface area contributed by atoms with E-state index in [4.69, 9.17) is 4.74 Å². The second kappa shape index (κ2) is 8.15. The lowest BCUT2D eigenvalue weighted by Crippen LogP contribution is -2.34. The fourth-order valence-electron chi connectivity index (χ4n) is 2.30. The predicted octanol–water partition coefficient (Wildman–Crippen LogP) is 2.81. The molecule has 5 nitrogen and oxygen atoms in total. The molecular formula is C18H24N2O3S. The maximum Gasteiger partial charge on any atom is 0.307 e. The van der Waals surface area contributed by atoms with E-state index in [9.17, 15) is 9.59 Å². The average Bonchev–Trinajstić information content (AvgIpc) is 2.78. The van der Waals surface area contributed by atoms with Gasteiger partial charge in [-0.25, -0.2) is 0 Å². The summed E-state index contributed by atoms with van der Waals surface area (Å²) in [6.45, 7) is 8.61. The lowest BCUT2D eigenvalue weighted by Gasteiger charge is -2.15. The topological polar surface area (TPSA) is 60.3 Å². The quantitative estimate of drug-likeness (QED) is 0.837. The zero-order valence-electron chi connectivity index (χ0n) is 14.6. The van der Waals surface area contributed by atoms with Crippen LogP contribution in [0.15, 0.2) is 29.1 Å². The molecule has 1 aromatic carbocycles. The largest absolute Gasteiger partial charge is 0.489 e. The van der Waals surface area contributed by atoms with E-state index in [-0.39, 0.29) is 23.3 Å². The van der Waals surface area contributed by atoms with E-state index in [0.29, 0.717) is 13.1 Å². The van der Waals surface area contributed by atoms with Gasteiger partial charge in [0.1, 0.15) is 11.9 Å². The number of benzene rings is 1. The molecule has 0 unspecified atom stereocenters. The Kier molecular flexibility index (Phi) is 6.20. The van der Waals surface area contributed by atoms with Crippen LogP contribution in [0, 0.1) is 20.8 Å².